The second-order valence-electron chi connectivity index (χ2n) is 5.10. The van der Waals surface area contributed by atoms with E-state index in [9.17, 15) is 4.79 Å². The van der Waals surface area contributed by atoms with Gasteiger partial charge in [-0.3, -0.25) is 4.79 Å². The molecular formula is C18H20N2O2S. The molecule has 0 spiro atoms. The highest BCUT2D eigenvalue weighted by molar-refractivity contribution is 7.98. The summed E-state index contributed by atoms with van der Waals surface area (Å²) in [5.74, 6) is 0.389. The van der Waals surface area contributed by atoms with Crippen LogP contribution in [0.1, 0.15) is 16.7 Å². The molecule has 0 aliphatic heterocycles. The smallest absolute Gasteiger partial charge is 0.277 e. The van der Waals surface area contributed by atoms with Crippen molar-refractivity contribution in [3.8, 4) is 5.75 Å². The molecule has 0 unspecified atom stereocenters. The first kappa shape index (κ1) is 17.1. The summed E-state index contributed by atoms with van der Waals surface area (Å²) in [6.07, 6.45) is 3.64. The molecule has 0 aromatic heterocycles. The first-order valence-electron chi connectivity index (χ1n) is 7.24. The number of ether oxygens (including phenoxy) is 1. The molecule has 0 heterocycles. The summed E-state index contributed by atoms with van der Waals surface area (Å²) in [6, 6.07) is 13.7. The molecule has 0 fully saturated rings. The second kappa shape index (κ2) is 8.39. The fraction of sp³-hybridized carbons (Fsp3) is 0.222. The summed E-state index contributed by atoms with van der Waals surface area (Å²) in [6.45, 7) is 3.98. The number of carbonyl (C=O) groups excluding carboxylic acids is 1. The molecular weight excluding hydrogens is 308 g/mol. The number of benzene rings is 2. The van der Waals surface area contributed by atoms with Crippen LogP contribution in [0.3, 0.4) is 0 Å². The van der Waals surface area contributed by atoms with E-state index in [1.165, 1.54) is 10.5 Å². The van der Waals surface area contributed by atoms with Crippen LogP contribution in [0.5, 0.6) is 5.75 Å². The lowest BCUT2D eigenvalue weighted by molar-refractivity contribution is -0.123. The van der Waals surface area contributed by atoms with Gasteiger partial charge in [0.25, 0.3) is 5.91 Å². The quantitative estimate of drug-likeness (QED) is 0.501. The van der Waals surface area contributed by atoms with Gasteiger partial charge >= 0.3 is 0 Å². The Morgan fingerprint density at radius 3 is 2.57 bits per heavy atom. The lowest BCUT2D eigenvalue weighted by Crippen LogP contribution is -2.24. The zero-order valence-corrected chi connectivity index (χ0v) is 14.3. The molecule has 0 aliphatic carbocycles. The maximum atomic E-state index is 11.7. The van der Waals surface area contributed by atoms with Gasteiger partial charge in [0.15, 0.2) is 6.61 Å². The zero-order chi connectivity index (χ0) is 16.7. The van der Waals surface area contributed by atoms with Crippen molar-refractivity contribution in [1.82, 2.24) is 5.43 Å². The Morgan fingerprint density at radius 1 is 1.17 bits per heavy atom. The van der Waals surface area contributed by atoms with Gasteiger partial charge in [-0.2, -0.15) is 5.10 Å². The molecule has 1 amide bonds. The van der Waals surface area contributed by atoms with Gasteiger partial charge in [-0.1, -0.05) is 18.2 Å². The number of nitrogens with zero attached hydrogens (tertiary/aromatic N) is 1. The van der Waals surface area contributed by atoms with E-state index in [0.717, 1.165) is 11.1 Å². The van der Waals surface area contributed by atoms with E-state index in [2.05, 4.69) is 10.5 Å². The van der Waals surface area contributed by atoms with Crippen molar-refractivity contribution in [3.63, 3.8) is 0 Å². The summed E-state index contributed by atoms with van der Waals surface area (Å²) in [7, 11) is 0. The van der Waals surface area contributed by atoms with Gasteiger partial charge in [0, 0.05) is 4.90 Å². The highest BCUT2D eigenvalue weighted by Gasteiger charge is 2.02. The number of nitrogens with one attached hydrogen (secondary N) is 1. The van der Waals surface area contributed by atoms with Crippen LogP contribution in [0.2, 0.25) is 0 Å². The van der Waals surface area contributed by atoms with Crippen LogP contribution in [0.25, 0.3) is 0 Å². The summed E-state index contributed by atoms with van der Waals surface area (Å²) in [4.78, 5) is 12.9. The van der Waals surface area contributed by atoms with E-state index in [1.807, 2.05) is 62.6 Å². The number of carbonyl (C=O) groups is 1. The van der Waals surface area contributed by atoms with E-state index < -0.39 is 0 Å². The number of hydrogen-bond donors (Lipinski definition) is 1. The molecule has 120 valence electrons. The number of rotatable bonds is 6. The van der Waals surface area contributed by atoms with Gasteiger partial charge in [0.05, 0.1) is 6.21 Å². The van der Waals surface area contributed by atoms with Crippen molar-refractivity contribution in [3.05, 3.63) is 59.2 Å². The Morgan fingerprint density at radius 2 is 1.91 bits per heavy atom. The number of amides is 1. The monoisotopic (exact) mass is 328 g/mol. The van der Waals surface area contributed by atoms with E-state index >= 15 is 0 Å². The fourth-order valence-corrected chi connectivity index (χ4v) is 2.26. The second-order valence-corrected chi connectivity index (χ2v) is 5.98. The van der Waals surface area contributed by atoms with Crippen molar-refractivity contribution in [2.24, 2.45) is 5.10 Å². The molecule has 2 rings (SSSR count). The summed E-state index contributed by atoms with van der Waals surface area (Å²) >= 11 is 1.68. The van der Waals surface area contributed by atoms with Crippen molar-refractivity contribution in [1.29, 1.82) is 0 Å². The van der Waals surface area contributed by atoms with Crippen molar-refractivity contribution in [2.45, 2.75) is 18.7 Å². The van der Waals surface area contributed by atoms with Crippen molar-refractivity contribution in [2.75, 3.05) is 12.9 Å². The Bertz CT molecular complexity index is 697. The van der Waals surface area contributed by atoms with Gasteiger partial charge in [-0.25, -0.2) is 5.43 Å². The summed E-state index contributed by atoms with van der Waals surface area (Å²) < 4.78 is 5.45. The Kier molecular flexibility index (Phi) is 6.23. The third-order valence-electron chi connectivity index (χ3n) is 3.37. The summed E-state index contributed by atoms with van der Waals surface area (Å²) in [5, 5.41) is 3.93. The van der Waals surface area contributed by atoms with Gasteiger partial charge in [-0.15, -0.1) is 11.8 Å². The minimum Gasteiger partial charge on any atom is -0.484 e. The molecule has 23 heavy (non-hydrogen) atoms. The standard InChI is InChI=1S/C18H20N2O2S/c1-13-4-7-16(10-14(13)2)22-12-18(21)20-19-11-15-5-8-17(23-3)9-6-15/h4-11H,12H2,1-3H3,(H,20,21)/b19-11-. The van der Waals surface area contributed by atoms with Crippen LogP contribution in [-0.2, 0) is 4.79 Å². The van der Waals surface area contributed by atoms with Crippen LogP contribution in [0, 0.1) is 13.8 Å². The topological polar surface area (TPSA) is 50.7 Å². The maximum Gasteiger partial charge on any atom is 0.277 e. The van der Waals surface area contributed by atoms with Crippen LogP contribution >= 0.6 is 11.8 Å². The maximum absolute atomic E-state index is 11.7. The van der Waals surface area contributed by atoms with Crippen molar-refractivity contribution >= 4 is 23.9 Å². The van der Waals surface area contributed by atoms with E-state index in [0.29, 0.717) is 5.75 Å². The molecule has 0 aliphatic rings. The first-order valence-corrected chi connectivity index (χ1v) is 8.47. The van der Waals surface area contributed by atoms with Gasteiger partial charge in [-0.05, 0) is 61.1 Å². The van der Waals surface area contributed by atoms with Gasteiger partial charge in [0.1, 0.15) is 5.75 Å². The van der Waals surface area contributed by atoms with Gasteiger partial charge in [0.2, 0.25) is 0 Å². The molecule has 0 bridgehead atoms. The Balaban J connectivity index is 1.79. The SMILES string of the molecule is CSc1ccc(/C=N\NC(=O)COc2ccc(C)c(C)c2)cc1. The lowest BCUT2D eigenvalue weighted by Gasteiger charge is -2.07. The van der Waals surface area contributed by atoms with E-state index in [-0.39, 0.29) is 12.5 Å². The highest BCUT2D eigenvalue weighted by atomic mass is 32.2. The van der Waals surface area contributed by atoms with E-state index in [4.69, 9.17) is 4.74 Å². The molecule has 5 heteroatoms. The molecule has 2 aromatic rings. The normalized spacial score (nSPS) is 10.7. The van der Waals surface area contributed by atoms with Crippen molar-refractivity contribution < 1.29 is 9.53 Å². The number of aryl methyl sites for hydroxylation is 2. The predicted molar refractivity (Wildman–Crippen MR) is 95.4 cm³/mol. The minimum absolute atomic E-state index is 0.0642. The third kappa shape index (κ3) is 5.45. The molecule has 1 N–H and O–H groups in total. The third-order valence-corrected chi connectivity index (χ3v) is 4.11. The lowest BCUT2D eigenvalue weighted by atomic mass is 10.1. The largest absolute Gasteiger partial charge is 0.484 e. The van der Waals surface area contributed by atoms with Crippen LogP contribution in [-0.4, -0.2) is 25.0 Å². The van der Waals surface area contributed by atoms with Crippen LogP contribution in [0.15, 0.2) is 52.5 Å². The molecule has 2 aromatic carbocycles. The molecule has 0 atom stereocenters. The molecule has 0 radical (unpaired) electrons. The molecule has 0 saturated carbocycles. The highest BCUT2D eigenvalue weighted by Crippen LogP contribution is 2.16. The van der Waals surface area contributed by atoms with E-state index in [1.54, 1.807) is 18.0 Å². The Labute approximate surface area is 140 Å². The van der Waals surface area contributed by atoms with Gasteiger partial charge < -0.3 is 4.74 Å². The van der Waals surface area contributed by atoms with Crippen LogP contribution in [0.4, 0.5) is 0 Å². The number of hydrazone groups is 1. The summed E-state index contributed by atoms with van der Waals surface area (Å²) in [5.41, 5.74) is 5.71. The van der Waals surface area contributed by atoms with Crippen LogP contribution < -0.4 is 10.2 Å². The number of hydrogen-bond acceptors (Lipinski definition) is 4. The minimum atomic E-state index is -0.291. The fourth-order valence-electron chi connectivity index (χ4n) is 1.85. The Hall–Kier alpha value is -2.27. The average Bonchev–Trinajstić information content (AvgIpc) is 2.56. The molecule has 0 saturated heterocycles. The first-order chi connectivity index (χ1) is 11.1. The zero-order valence-electron chi connectivity index (χ0n) is 13.5. The number of thioether (sulfide) groups is 1. The molecule has 4 nitrogen and oxygen atoms in total. The average molecular weight is 328 g/mol. The predicted octanol–water partition coefficient (Wildman–Crippen LogP) is 3.55.